The first-order valence-corrected chi connectivity index (χ1v) is 7.12. The molecule has 0 saturated heterocycles. The van der Waals surface area contributed by atoms with E-state index in [-0.39, 0.29) is 0 Å². The number of aldehydes is 1. The second-order valence-electron chi connectivity index (χ2n) is 4.35. The number of hydrogen-bond donors (Lipinski definition) is 0. The quantitative estimate of drug-likeness (QED) is 0.760. The number of rotatable bonds is 6. The topological polar surface area (TPSA) is 46.1 Å². The van der Waals surface area contributed by atoms with E-state index in [1.165, 1.54) is 11.3 Å². The van der Waals surface area contributed by atoms with Gasteiger partial charge in [0.2, 0.25) is 0 Å². The molecule has 0 amide bonds. The van der Waals surface area contributed by atoms with E-state index >= 15 is 0 Å². The van der Waals surface area contributed by atoms with Crippen LogP contribution in [0.1, 0.15) is 34.4 Å². The molecule has 100 valence electrons. The van der Waals surface area contributed by atoms with Crippen molar-refractivity contribution in [3.63, 3.8) is 0 Å². The van der Waals surface area contributed by atoms with Gasteiger partial charge in [-0.05, 0) is 18.6 Å². The molecule has 0 N–H and O–H groups in total. The van der Waals surface area contributed by atoms with Crippen molar-refractivity contribution in [3.8, 4) is 0 Å². The Labute approximate surface area is 117 Å². The Kier molecular flexibility index (Phi) is 4.63. The minimum Gasteiger partial charge on any atom is -0.345 e. The molecule has 0 fully saturated rings. The van der Waals surface area contributed by atoms with Gasteiger partial charge in [-0.1, -0.05) is 30.7 Å². The Hall–Kier alpha value is -1.75. The van der Waals surface area contributed by atoms with E-state index in [1.54, 1.807) is 6.20 Å². The first kappa shape index (κ1) is 13.7. The second kappa shape index (κ2) is 6.43. The number of anilines is 1. The average Bonchev–Trinajstić information content (AvgIpc) is 2.83. The highest BCUT2D eigenvalue weighted by Crippen LogP contribution is 2.26. The Morgan fingerprint density at radius 3 is 2.89 bits per heavy atom. The smallest absolute Gasteiger partial charge is 0.186 e. The van der Waals surface area contributed by atoms with E-state index in [0.29, 0.717) is 6.54 Å². The minimum absolute atomic E-state index is 0.693. The summed E-state index contributed by atoms with van der Waals surface area (Å²) in [7, 11) is 1.97. The molecule has 0 spiro atoms. The third kappa shape index (κ3) is 3.38. The van der Waals surface area contributed by atoms with Crippen molar-refractivity contribution in [1.29, 1.82) is 0 Å². The van der Waals surface area contributed by atoms with Crippen LogP contribution in [-0.4, -0.2) is 23.3 Å². The Morgan fingerprint density at radius 1 is 1.42 bits per heavy atom. The second-order valence-corrected chi connectivity index (χ2v) is 5.36. The third-order valence-corrected chi connectivity index (χ3v) is 3.90. The molecule has 0 atom stereocenters. The Morgan fingerprint density at radius 2 is 2.26 bits per heavy atom. The molecule has 0 aliphatic heterocycles. The minimum atomic E-state index is 0.693. The van der Waals surface area contributed by atoms with Gasteiger partial charge in [0.25, 0.3) is 0 Å². The third-order valence-electron chi connectivity index (χ3n) is 2.76. The highest BCUT2D eigenvalue weighted by Gasteiger charge is 2.13. The predicted octanol–water partition coefficient (Wildman–Crippen LogP) is 2.94. The van der Waals surface area contributed by atoms with E-state index < -0.39 is 0 Å². The van der Waals surface area contributed by atoms with Gasteiger partial charge >= 0.3 is 0 Å². The molecule has 5 heteroatoms. The van der Waals surface area contributed by atoms with Crippen LogP contribution in [0.2, 0.25) is 0 Å². The van der Waals surface area contributed by atoms with E-state index in [9.17, 15) is 4.79 Å². The summed E-state index contributed by atoms with van der Waals surface area (Å²) in [6.07, 6.45) is 4.53. The maximum absolute atomic E-state index is 11.0. The molecule has 0 aliphatic rings. The van der Waals surface area contributed by atoms with Gasteiger partial charge in [0.1, 0.15) is 0 Å². The van der Waals surface area contributed by atoms with Gasteiger partial charge in [0.15, 0.2) is 11.4 Å². The number of aryl methyl sites for hydroxylation is 1. The number of hydrogen-bond acceptors (Lipinski definition) is 5. The highest BCUT2D eigenvalue weighted by atomic mass is 32.1. The van der Waals surface area contributed by atoms with Crippen LogP contribution in [0.3, 0.4) is 0 Å². The first-order valence-electron chi connectivity index (χ1n) is 6.30. The lowest BCUT2D eigenvalue weighted by atomic mass is 10.2. The number of pyridine rings is 1. The average molecular weight is 275 g/mol. The van der Waals surface area contributed by atoms with Crippen LogP contribution in [0, 0.1) is 0 Å². The fraction of sp³-hybridized carbons (Fsp3) is 0.357. The molecular weight excluding hydrogens is 258 g/mol. The van der Waals surface area contributed by atoms with Crippen LogP contribution in [0.25, 0.3) is 0 Å². The predicted molar refractivity (Wildman–Crippen MR) is 77.8 cm³/mol. The molecule has 4 nitrogen and oxygen atoms in total. The molecule has 0 saturated carbocycles. The zero-order chi connectivity index (χ0) is 13.7. The van der Waals surface area contributed by atoms with Crippen molar-refractivity contribution in [2.45, 2.75) is 26.3 Å². The van der Waals surface area contributed by atoms with E-state index in [0.717, 1.165) is 40.5 Å². The van der Waals surface area contributed by atoms with Gasteiger partial charge in [0.05, 0.1) is 22.8 Å². The van der Waals surface area contributed by atoms with Crippen molar-refractivity contribution in [2.24, 2.45) is 0 Å². The molecule has 2 rings (SSSR count). The number of carbonyl (C=O) groups is 1. The summed E-state index contributed by atoms with van der Waals surface area (Å²) < 4.78 is 0. The fourth-order valence-corrected chi connectivity index (χ4v) is 2.71. The van der Waals surface area contributed by atoms with Crippen molar-refractivity contribution >= 4 is 22.8 Å². The molecule has 0 bridgehead atoms. The van der Waals surface area contributed by atoms with Crippen molar-refractivity contribution in [2.75, 3.05) is 11.9 Å². The van der Waals surface area contributed by atoms with Gasteiger partial charge < -0.3 is 4.90 Å². The van der Waals surface area contributed by atoms with Crippen LogP contribution in [0.4, 0.5) is 5.13 Å². The molecule has 0 unspecified atom stereocenters. The summed E-state index contributed by atoms with van der Waals surface area (Å²) in [5, 5.41) is 0.871. The molecule has 0 radical (unpaired) electrons. The standard InChI is InChI=1S/C14H17N3OS/c1-3-6-12-13(10-18)19-14(16-12)17(2)9-11-7-4-5-8-15-11/h4-5,7-8,10H,3,6,9H2,1-2H3. The van der Waals surface area contributed by atoms with Gasteiger partial charge in [-0.2, -0.15) is 0 Å². The first-order chi connectivity index (χ1) is 9.24. The largest absolute Gasteiger partial charge is 0.345 e. The van der Waals surface area contributed by atoms with Crippen molar-refractivity contribution in [3.05, 3.63) is 40.7 Å². The lowest BCUT2D eigenvalue weighted by Crippen LogP contribution is -2.16. The Balaban J connectivity index is 2.15. The fourth-order valence-electron chi connectivity index (χ4n) is 1.82. The number of carbonyl (C=O) groups excluding carboxylic acids is 1. The summed E-state index contributed by atoms with van der Waals surface area (Å²) in [4.78, 5) is 22.7. The lowest BCUT2D eigenvalue weighted by molar-refractivity contribution is 0.112. The monoisotopic (exact) mass is 275 g/mol. The SMILES string of the molecule is CCCc1nc(N(C)Cc2ccccn2)sc1C=O. The summed E-state index contributed by atoms with van der Waals surface area (Å²) in [6, 6.07) is 5.85. The van der Waals surface area contributed by atoms with Gasteiger partial charge in [-0.15, -0.1) is 0 Å². The zero-order valence-corrected chi connectivity index (χ0v) is 12.0. The maximum Gasteiger partial charge on any atom is 0.186 e. The van der Waals surface area contributed by atoms with Gasteiger partial charge in [-0.25, -0.2) is 4.98 Å². The van der Waals surface area contributed by atoms with Crippen LogP contribution in [0.5, 0.6) is 0 Å². The normalized spacial score (nSPS) is 10.4. The van der Waals surface area contributed by atoms with Crippen LogP contribution in [-0.2, 0) is 13.0 Å². The van der Waals surface area contributed by atoms with Crippen molar-refractivity contribution < 1.29 is 4.79 Å². The molecule has 19 heavy (non-hydrogen) atoms. The zero-order valence-electron chi connectivity index (χ0n) is 11.2. The molecule has 2 aromatic rings. The summed E-state index contributed by atoms with van der Waals surface area (Å²) in [5.41, 5.74) is 1.90. The highest BCUT2D eigenvalue weighted by molar-refractivity contribution is 7.17. The van der Waals surface area contributed by atoms with Gasteiger partial charge in [-0.3, -0.25) is 9.78 Å². The van der Waals surface area contributed by atoms with Crippen LogP contribution < -0.4 is 4.90 Å². The molecule has 0 aromatic carbocycles. The van der Waals surface area contributed by atoms with Crippen LogP contribution in [0.15, 0.2) is 24.4 Å². The molecule has 2 aromatic heterocycles. The molecule has 0 aliphatic carbocycles. The summed E-state index contributed by atoms with van der Waals surface area (Å²) in [6.45, 7) is 2.78. The van der Waals surface area contributed by atoms with Gasteiger partial charge in [0, 0.05) is 13.2 Å². The number of thiazole rings is 1. The Bertz CT molecular complexity index is 539. The number of nitrogens with zero attached hydrogens (tertiary/aromatic N) is 3. The summed E-state index contributed by atoms with van der Waals surface area (Å²) in [5.74, 6) is 0. The van der Waals surface area contributed by atoms with E-state index in [1.807, 2.05) is 30.1 Å². The van der Waals surface area contributed by atoms with Crippen LogP contribution >= 0.6 is 11.3 Å². The molecular formula is C14H17N3OS. The van der Waals surface area contributed by atoms with E-state index in [2.05, 4.69) is 16.9 Å². The lowest BCUT2D eigenvalue weighted by Gasteiger charge is -2.14. The summed E-state index contributed by atoms with van der Waals surface area (Å²) >= 11 is 1.45. The van der Waals surface area contributed by atoms with Crippen molar-refractivity contribution in [1.82, 2.24) is 9.97 Å². The number of aromatic nitrogens is 2. The maximum atomic E-state index is 11.0. The molecule has 2 heterocycles. The van der Waals surface area contributed by atoms with E-state index in [4.69, 9.17) is 0 Å².